The summed E-state index contributed by atoms with van der Waals surface area (Å²) in [5.41, 5.74) is 0. The fraction of sp³-hybridized carbons (Fsp3) is 0.733. The maximum atomic E-state index is 11.9. The van der Waals surface area contributed by atoms with Crippen molar-refractivity contribution in [3.05, 3.63) is 5.82 Å². The maximum Gasteiger partial charge on any atom is 0.321 e. The van der Waals surface area contributed by atoms with E-state index in [-0.39, 0.29) is 17.7 Å². The molecule has 0 bridgehead atoms. The molecule has 1 aromatic rings. The van der Waals surface area contributed by atoms with Gasteiger partial charge in [-0.05, 0) is 33.6 Å². The minimum absolute atomic E-state index is 0.00694. The van der Waals surface area contributed by atoms with Gasteiger partial charge in [-0.25, -0.2) is 4.79 Å². The molecule has 1 heterocycles. The van der Waals surface area contributed by atoms with Crippen LogP contribution in [-0.4, -0.2) is 38.5 Å². The molecule has 0 radical (unpaired) electrons. The summed E-state index contributed by atoms with van der Waals surface area (Å²) in [6, 6.07) is -0.0448. The van der Waals surface area contributed by atoms with Gasteiger partial charge in [-0.2, -0.15) is 0 Å². The highest BCUT2D eigenvalue weighted by Crippen LogP contribution is 2.32. The van der Waals surface area contributed by atoms with E-state index in [2.05, 4.69) is 25.4 Å². The van der Waals surface area contributed by atoms with Crippen LogP contribution in [0.2, 0.25) is 0 Å². The zero-order valence-electron chi connectivity index (χ0n) is 14.0. The molecule has 1 aliphatic rings. The SMILES string of the molecule is Cc1nnc(SCC(=O)NC(=O)NC(C)C)n1C1CCCCC1. The highest BCUT2D eigenvalue weighted by atomic mass is 32.2. The van der Waals surface area contributed by atoms with Crippen molar-refractivity contribution in [3.63, 3.8) is 0 Å². The average Bonchev–Trinajstić information content (AvgIpc) is 2.86. The zero-order chi connectivity index (χ0) is 16.8. The van der Waals surface area contributed by atoms with Crippen molar-refractivity contribution >= 4 is 23.7 Å². The number of aromatic nitrogens is 3. The van der Waals surface area contributed by atoms with E-state index in [0.717, 1.165) is 23.8 Å². The Bertz CT molecular complexity index is 552. The van der Waals surface area contributed by atoms with Crippen LogP contribution in [0.1, 0.15) is 57.8 Å². The number of nitrogens with zero attached hydrogens (tertiary/aromatic N) is 3. The minimum atomic E-state index is -0.462. The van der Waals surface area contributed by atoms with Crippen molar-refractivity contribution in [1.29, 1.82) is 0 Å². The third-order valence-electron chi connectivity index (χ3n) is 3.78. The maximum absolute atomic E-state index is 11.9. The van der Waals surface area contributed by atoms with Gasteiger partial charge in [0.05, 0.1) is 5.75 Å². The third-order valence-corrected chi connectivity index (χ3v) is 4.72. The van der Waals surface area contributed by atoms with Gasteiger partial charge in [0, 0.05) is 12.1 Å². The molecule has 0 atom stereocenters. The molecule has 0 spiro atoms. The summed E-state index contributed by atoms with van der Waals surface area (Å²) in [6.07, 6.45) is 6.00. The van der Waals surface area contributed by atoms with Gasteiger partial charge in [-0.15, -0.1) is 10.2 Å². The van der Waals surface area contributed by atoms with Crippen molar-refractivity contribution in [2.75, 3.05) is 5.75 Å². The third kappa shape index (κ3) is 5.23. The number of thioether (sulfide) groups is 1. The summed E-state index contributed by atoms with van der Waals surface area (Å²) in [5, 5.41) is 14.0. The van der Waals surface area contributed by atoms with Crippen LogP contribution in [0.25, 0.3) is 0 Å². The van der Waals surface area contributed by atoms with E-state index in [0.29, 0.717) is 6.04 Å². The second kappa shape index (κ2) is 8.33. The molecule has 3 amide bonds. The Kier molecular flexibility index (Phi) is 6.44. The van der Waals surface area contributed by atoms with Gasteiger partial charge in [0.1, 0.15) is 5.82 Å². The zero-order valence-corrected chi connectivity index (χ0v) is 14.8. The fourth-order valence-electron chi connectivity index (χ4n) is 2.80. The number of amides is 3. The minimum Gasteiger partial charge on any atom is -0.336 e. The molecule has 1 aromatic heterocycles. The summed E-state index contributed by atoms with van der Waals surface area (Å²) in [4.78, 5) is 23.4. The molecule has 1 saturated carbocycles. The van der Waals surface area contributed by atoms with Crippen molar-refractivity contribution in [2.45, 2.75) is 70.1 Å². The van der Waals surface area contributed by atoms with Gasteiger partial charge in [-0.3, -0.25) is 10.1 Å². The number of urea groups is 1. The fourth-order valence-corrected chi connectivity index (χ4v) is 3.65. The predicted molar refractivity (Wildman–Crippen MR) is 89.4 cm³/mol. The molecule has 7 nitrogen and oxygen atoms in total. The van der Waals surface area contributed by atoms with Crippen LogP contribution in [0.15, 0.2) is 5.16 Å². The number of hydrogen-bond acceptors (Lipinski definition) is 5. The lowest BCUT2D eigenvalue weighted by atomic mass is 9.95. The van der Waals surface area contributed by atoms with Crippen LogP contribution >= 0.6 is 11.8 Å². The molecule has 0 aliphatic heterocycles. The molecule has 1 aliphatic carbocycles. The molecule has 1 fully saturated rings. The first kappa shape index (κ1) is 17.8. The highest BCUT2D eigenvalue weighted by molar-refractivity contribution is 7.99. The quantitative estimate of drug-likeness (QED) is 0.804. The lowest BCUT2D eigenvalue weighted by molar-refractivity contribution is -0.117. The summed E-state index contributed by atoms with van der Waals surface area (Å²) in [7, 11) is 0. The Morgan fingerprint density at radius 2 is 1.96 bits per heavy atom. The number of nitrogens with one attached hydrogen (secondary N) is 2. The molecule has 23 heavy (non-hydrogen) atoms. The number of carbonyl (C=O) groups is 2. The van der Waals surface area contributed by atoms with Gasteiger partial charge < -0.3 is 9.88 Å². The van der Waals surface area contributed by atoms with Gasteiger partial charge in [-0.1, -0.05) is 31.0 Å². The van der Waals surface area contributed by atoms with E-state index in [1.807, 2.05) is 20.8 Å². The first-order chi connectivity index (χ1) is 11.0. The van der Waals surface area contributed by atoms with E-state index in [1.165, 1.54) is 31.0 Å². The van der Waals surface area contributed by atoms with Crippen LogP contribution < -0.4 is 10.6 Å². The monoisotopic (exact) mass is 339 g/mol. The van der Waals surface area contributed by atoms with Gasteiger partial charge >= 0.3 is 6.03 Å². The molecular formula is C15H25N5O2S. The topological polar surface area (TPSA) is 88.9 Å². The number of imide groups is 1. The molecular weight excluding hydrogens is 314 g/mol. The van der Waals surface area contributed by atoms with Crippen LogP contribution in [0.4, 0.5) is 4.79 Å². The Morgan fingerprint density at radius 1 is 1.26 bits per heavy atom. The number of carbonyl (C=O) groups excluding carboxylic acids is 2. The molecule has 0 unspecified atom stereocenters. The molecule has 0 saturated heterocycles. The lowest BCUT2D eigenvalue weighted by Crippen LogP contribution is -2.43. The Labute approximate surface area is 141 Å². The molecule has 2 N–H and O–H groups in total. The van der Waals surface area contributed by atoms with Gasteiger partial charge in [0.2, 0.25) is 5.91 Å². The van der Waals surface area contributed by atoms with E-state index in [9.17, 15) is 9.59 Å². The summed E-state index contributed by atoms with van der Waals surface area (Å²) in [6.45, 7) is 5.63. The number of rotatable bonds is 5. The Morgan fingerprint density at radius 3 is 2.61 bits per heavy atom. The Balaban J connectivity index is 1.90. The van der Waals surface area contributed by atoms with Crippen molar-refractivity contribution in [1.82, 2.24) is 25.4 Å². The lowest BCUT2D eigenvalue weighted by Gasteiger charge is -2.24. The standard InChI is InChI=1S/C15H25N5O2S/c1-10(2)16-14(22)17-13(21)9-23-15-19-18-11(3)20(15)12-7-5-4-6-8-12/h10,12H,4-9H2,1-3H3,(H2,16,17,21,22). The van der Waals surface area contributed by atoms with Crippen LogP contribution in [-0.2, 0) is 4.79 Å². The summed E-state index contributed by atoms with van der Waals surface area (Å²) in [5.74, 6) is 0.706. The second-order valence-corrected chi connectivity index (χ2v) is 7.10. The first-order valence-corrected chi connectivity index (χ1v) is 9.10. The normalized spacial score (nSPS) is 15.7. The van der Waals surface area contributed by atoms with E-state index >= 15 is 0 Å². The van der Waals surface area contributed by atoms with E-state index < -0.39 is 6.03 Å². The molecule has 0 aromatic carbocycles. The number of aryl methyl sites for hydroxylation is 1. The molecule has 128 valence electrons. The number of hydrogen-bond donors (Lipinski definition) is 2. The van der Waals surface area contributed by atoms with Crippen molar-refractivity contribution in [3.8, 4) is 0 Å². The first-order valence-electron chi connectivity index (χ1n) is 8.12. The second-order valence-electron chi connectivity index (χ2n) is 6.16. The van der Waals surface area contributed by atoms with Crippen molar-refractivity contribution < 1.29 is 9.59 Å². The molecule has 2 rings (SSSR count). The largest absolute Gasteiger partial charge is 0.336 e. The smallest absolute Gasteiger partial charge is 0.321 e. The predicted octanol–water partition coefficient (Wildman–Crippen LogP) is 2.42. The van der Waals surface area contributed by atoms with Gasteiger partial charge in [0.15, 0.2) is 5.16 Å². The van der Waals surface area contributed by atoms with Crippen molar-refractivity contribution in [2.24, 2.45) is 0 Å². The van der Waals surface area contributed by atoms with Crippen LogP contribution in [0.5, 0.6) is 0 Å². The van der Waals surface area contributed by atoms with Gasteiger partial charge in [0.25, 0.3) is 0 Å². The molecule has 8 heteroatoms. The van der Waals surface area contributed by atoms with E-state index in [1.54, 1.807) is 0 Å². The van der Waals surface area contributed by atoms with Crippen LogP contribution in [0, 0.1) is 6.92 Å². The van der Waals surface area contributed by atoms with Crippen LogP contribution in [0.3, 0.4) is 0 Å². The summed E-state index contributed by atoms with van der Waals surface area (Å²) < 4.78 is 2.14. The average molecular weight is 339 g/mol. The van der Waals surface area contributed by atoms with E-state index in [4.69, 9.17) is 0 Å². The highest BCUT2D eigenvalue weighted by Gasteiger charge is 2.22. The Hall–Kier alpha value is -1.57. The summed E-state index contributed by atoms with van der Waals surface area (Å²) >= 11 is 1.33.